The second-order valence-corrected chi connectivity index (χ2v) is 4.53. The highest BCUT2D eigenvalue weighted by Crippen LogP contribution is 2.27. The zero-order valence-corrected chi connectivity index (χ0v) is 11.4. The monoisotopic (exact) mass is 279 g/mol. The van der Waals surface area contributed by atoms with E-state index >= 15 is 0 Å². The van der Waals surface area contributed by atoms with Crippen LogP contribution < -0.4 is 10.5 Å². The molecule has 0 bridgehead atoms. The van der Waals surface area contributed by atoms with Gasteiger partial charge in [-0.2, -0.15) is 0 Å². The van der Waals surface area contributed by atoms with E-state index in [0.717, 1.165) is 5.39 Å². The molecule has 0 saturated heterocycles. The van der Waals surface area contributed by atoms with E-state index in [1.54, 1.807) is 30.5 Å². The third-order valence-electron chi connectivity index (χ3n) is 3.20. The third-order valence-corrected chi connectivity index (χ3v) is 3.20. The summed E-state index contributed by atoms with van der Waals surface area (Å²) in [5.74, 6) is 0.548. The second kappa shape index (κ2) is 5.20. The minimum Gasteiger partial charge on any atom is -0.496 e. The quantitative estimate of drug-likeness (QED) is 0.745. The number of hydrogen-bond acceptors (Lipinski definition) is 5. The Morgan fingerprint density at radius 3 is 2.67 bits per heavy atom. The topological polar surface area (TPSA) is 78.1 Å². The molecule has 0 spiro atoms. The number of benzene rings is 2. The fourth-order valence-electron chi connectivity index (χ4n) is 2.17. The van der Waals surface area contributed by atoms with Gasteiger partial charge in [0.1, 0.15) is 5.75 Å². The number of fused-ring (bicyclic) bond motifs is 1. The molecule has 1 aromatic heterocycles. The van der Waals surface area contributed by atoms with Gasteiger partial charge in [-0.25, -0.2) is 9.97 Å². The van der Waals surface area contributed by atoms with Crippen molar-refractivity contribution in [3.8, 4) is 5.75 Å². The van der Waals surface area contributed by atoms with Gasteiger partial charge in [0.15, 0.2) is 5.78 Å². The number of carbonyl (C=O) groups excluding carboxylic acids is 1. The molecular formula is C16H13N3O2. The van der Waals surface area contributed by atoms with E-state index < -0.39 is 0 Å². The van der Waals surface area contributed by atoms with E-state index in [0.29, 0.717) is 22.4 Å². The first kappa shape index (κ1) is 13.1. The van der Waals surface area contributed by atoms with Gasteiger partial charge in [0.2, 0.25) is 5.95 Å². The molecule has 3 aromatic rings. The largest absolute Gasteiger partial charge is 0.496 e. The van der Waals surface area contributed by atoms with Crippen molar-refractivity contribution in [2.75, 3.05) is 12.8 Å². The maximum Gasteiger partial charge on any atom is 0.220 e. The second-order valence-electron chi connectivity index (χ2n) is 4.53. The fraction of sp³-hybridized carbons (Fsp3) is 0.0625. The number of ether oxygens (including phenoxy) is 1. The number of carbonyl (C=O) groups is 1. The molecule has 21 heavy (non-hydrogen) atoms. The van der Waals surface area contributed by atoms with Crippen LogP contribution in [0.2, 0.25) is 0 Å². The minimum atomic E-state index is -0.105. The van der Waals surface area contributed by atoms with Crippen LogP contribution in [0.25, 0.3) is 10.9 Å². The summed E-state index contributed by atoms with van der Waals surface area (Å²) in [6.07, 6.45) is 1.60. The number of rotatable bonds is 3. The van der Waals surface area contributed by atoms with Crippen molar-refractivity contribution in [3.05, 3.63) is 59.8 Å². The average Bonchev–Trinajstić information content (AvgIpc) is 2.53. The number of methoxy groups -OCH3 is 1. The molecule has 1 heterocycles. The number of nitrogen functional groups attached to an aromatic ring is 1. The van der Waals surface area contributed by atoms with Gasteiger partial charge < -0.3 is 10.5 Å². The summed E-state index contributed by atoms with van der Waals surface area (Å²) < 4.78 is 5.31. The highest BCUT2D eigenvalue weighted by molar-refractivity contribution is 6.12. The summed E-state index contributed by atoms with van der Waals surface area (Å²) in [4.78, 5) is 20.7. The van der Waals surface area contributed by atoms with Gasteiger partial charge in [0.05, 0.1) is 18.2 Å². The molecule has 104 valence electrons. The van der Waals surface area contributed by atoms with Crippen molar-refractivity contribution in [1.82, 2.24) is 9.97 Å². The van der Waals surface area contributed by atoms with E-state index in [1.807, 2.05) is 18.2 Å². The Morgan fingerprint density at radius 1 is 1.19 bits per heavy atom. The maximum absolute atomic E-state index is 12.6. The molecule has 2 aromatic carbocycles. The first-order chi connectivity index (χ1) is 10.2. The molecule has 0 aliphatic carbocycles. The number of aromatic nitrogens is 2. The Bertz CT molecular complexity index is 816. The van der Waals surface area contributed by atoms with Crippen molar-refractivity contribution in [2.24, 2.45) is 0 Å². The molecule has 5 heteroatoms. The predicted octanol–water partition coefficient (Wildman–Crippen LogP) is 2.45. The summed E-state index contributed by atoms with van der Waals surface area (Å²) in [6, 6.07) is 12.5. The minimum absolute atomic E-state index is 0.105. The van der Waals surface area contributed by atoms with E-state index in [2.05, 4.69) is 9.97 Å². The van der Waals surface area contributed by atoms with Crippen molar-refractivity contribution >= 4 is 22.6 Å². The molecule has 0 fully saturated rings. The lowest BCUT2D eigenvalue weighted by Crippen LogP contribution is -2.05. The van der Waals surface area contributed by atoms with Crippen molar-refractivity contribution < 1.29 is 9.53 Å². The number of hydrogen-bond donors (Lipinski definition) is 1. The Hall–Kier alpha value is -2.95. The lowest BCUT2D eigenvalue weighted by atomic mass is 10.0. The lowest BCUT2D eigenvalue weighted by Gasteiger charge is -2.09. The van der Waals surface area contributed by atoms with Crippen LogP contribution in [-0.4, -0.2) is 22.9 Å². The van der Waals surface area contributed by atoms with E-state index in [4.69, 9.17) is 10.5 Å². The Morgan fingerprint density at radius 2 is 1.95 bits per heavy atom. The molecule has 0 aliphatic rings. The summed E-state index contributed by atoms with van der Waals surface area (Å²) >= 11 is 0. The van der Waals surface area contributed by atoms with Gasteiger partial charge in [-0.1, -0.05) is 30.3 Å². The molecule has 0 unspecified atom stereocenters. The number of anilines is 1. The summed E-state index contributed by atoms with van der Waals surface area (Å²) in [6.45, 7) is 0. The molecule has 2 N–H and O–H groups in total. The average molecular weight is 279 g/mol. The maximum atomic E-state index is 12.6. The van der Waals surface area contributed by atoms with Gasteiger partial charge in [0, 0.05) is 23.2 Å². The molecule has 0 radical (unpaired) electrons. The molecule has 5 nitrogen and oxygen atoms in total. The molecule has 3 rings (SSSR count). The third kappa shape index (κ3) is 2.41. The summed E-state index contributed by atoms with van der Waals surface area (Å²) in [7, 11) is 1.52. The predicted molar refractivity (Wildman–Crippen MR) is 80.4 cm³/mol. The number of nitrogens with zero attached hydrogens (tertiary/aromatic N) is 2. The van der Waals surface area contributed by atoms with Crippen LogP contribution in [0.15, 0.2) is 48.7 Å². The van der Waals surface area contributed by atoms with Crippen LogP contribution in [0.3, 0.4) is 0 Å². The molecule has 0 aliphatic heterocycles. The standard InChI is InChI=1S/C16H13N3O2/c1-21-14-8-13-11(9-18-16(17)19-13)7-12(14)15(20)10-5-3-2-4-6-10/h2-9H,1H3,(H2,17,18,19). The first-order valence-corrected chi connectivity index (χ1v) is 6.39. The van der Waals surface area contributed by atoms with Crippen LogP contribution >= 0.6 is 0 Å². The van der Waals surface area contributed by atoms with Crippen LogP contribution in [0.4, 0.5) is 5.95 Å². The van der Waals surface area contributed by atoms with E-state index in [9.17, 15) is 4.79 Å². The van der Waals surface area contributed by atoms with Crippen molar-refractivity contribution in [3.63, 3.8) is 0 Å². The Kier molecular flexibility index (Phi) is 3.23. The zero-order valence-electron chi connectivity index (χ0n) is 11.4. The van der Waals surface area contributed by atoms with Crippen LogP contribution in [0, 0.1) is 0 Å². The Labute approximate surface area is 121 Å². The molecular weight excluding hydrogens is 266 g/mol. The lowest BCUT2D eigenvalue weighted by molar-refractivity contribution is 0.103. The van der Waals surface area contributed by atoms with Gasteiger partial charge in [-0.05, 0) is 6.07 Å². The summed E-state index contributed by atoms with van der Waals surface area (Å²) in [5, 5.41) is 0.740. The summed E-state index contributed by atoms with van der Waals surface area (Å²) in [5.41, 5.74) is 7.30. The first-order valence-electron chi connectivity index (χ1n) is 6.39. The van der Waals surface area contributed by atoms with Crippen molar-refractivity contribution in [1.29, 1.82) is 0 Å². The zero-order chi connectivity index (χ0) is 14.8. The SMILES string of the molecule is COc1cc2nc(N)ncc2cc1C(=O)c1ccccc1. The van der Waals surface area contributed by atoms with Gasteiger partial charge >= 0.3 is 0 Å². The van der Waals surface area contributed by atoms with Crippen LogP contribution in [0.5, 0.6) is 5.75 Å². The number of nitrogens with two attached hydrogens (primary N) is 1. The van der Waals surface area contributed by atoms with Gasteiger partial charge in [0.25, 0.3) is 0 Å². The van der Waals surface area contributed by atoms with Crippen molar-refractivity contribution in [2.45, 2.75) is 0 Å². The number of ketones is 1. The highest BCUT2D eigenvalue weighted by Gasteiger charge is 2.16. The van der Waals surface area contributed by atoms with Crippen LogP contribution in [0.1, 0.15) is 15.9 Å². The molecule has 0 amide bonds. The Balaban J connectivity index is 2.17. The smallest absolute Gasteiger partial charge is 0.220 e. The highest BCUT2D eigenvalue weighted by atomic mass is 16.5. The van der Waals surface area contributed by atoms with E-state index in [-0.39, 0.29) is 11.7 Å². The van der Waals surface area contributed by atoms with Gasteiger partial charge in [-0.3, -0.25) is 4.79 Å². The van der Waals surface area contributed by atoms with E-state index in [1.165, 1.54) is 7.11 Å². The normalized spacial score (nSPS) is 10.5. The molecule has 0 saturated carbocycles. The van der Waals surface area contributed by atoms with Crippen LogP contribution in [-0.2, 0) is 0 Å². The van der Waals surface area contributed by atoms with Gasteiger partial charge in [-0.15, -0.1) is 0 Å². The molecule has 0 atom stereocenters. The fourth-order valence-corrected chi connectivity index (χ4v) is 2.17.